The normalized spacial score (nSPS) is 18.8. The molecule has 0 radical (unpaired) electrons. The minimum atomic E-state index is -3.89. The lowest BCUT2D eigenvalue weighted by molar-refractivity contribution is 0.0697. The van der Waals surface area contributed by atoms with Crippen LogP contribution in [-0.4, -0.2) is 36.9 Å². The molecule has 0 amide bonds. The molecule has 2 aromatic rings. The Balaban J connectivity index is 1.83. The fraction of sp³-hybridized carbons (Fsp3) is 0.278. The van der Waals surface area contributed by atoms with Crippen molar-refractivity contribution in [2.75, 3.05) is 13.1 Å². The van der Waals surface area contributed by atoms with Gasteiger partial charge in [0.2, 0.25) is 10.0 Å². The Labute approximate surface area is 145 Å². The van der Waals surface area contributed by atoms with Crippen molar-refractivity contribution in [2.24, 2.45) is 0 Å². The molecular weight excluding hydrogens is 345 g/mol. The van der Waals surface area contributed by atoms with Crippen LogP contribution in [0.1, 0.15) is 34.7 Å². The highest BCUT2D eigenvalue weighted by molar-refractivity contribution is 7.89. The fourth-order valence-electron chi connectivity index (χ4n) is 3.12. The van der Waals surface area contributed by atoms with Crippen molar-refractivity contribution >= 4 is 16.0 Å². The van der Waals surface area contributed by atoms with E-state index < -0.39 is 21.8 Å². The van der Waals surface area contributed by atoms with Gasteiger partial charge in [-0.1, -0.05) is 24.3 Å². The van der Waals surface area contributed by atoms with Crippen molar-refractivity contribution in [3.05, 3.63) is 65.5 Å². The van der Waals surface area contributed by atoms with E-state index in [0.29, 0.717) is 13.0 Å². The summed E-state index contributed by atoms with van der Waals surface area (Å²) in [5.41, 5.74) is 1.08. The Morgan fingerprint density at radius 3 is 2.44 bits per heavy atom. The third kappa shape index (κ3) is 3.57. The van der Waals surface area contributed by atoms with Gasteiger partial charge in [0.25, 0.3) is 0 Å². The standard InChI is InChI=1S/C18H18FNO4S/c19-16-5-1-2-6-17(16)25(23,24)20-11-3-4-15(12-20)13-7-9-14(10-8-13)18(21)22/h1-2,5-10,15H,3-4,11-12H2,(H,21,22)/t15-/m0/s1. The van der Waals surface area contributed by atoms with Gasteiger partial charge >= 0.3 is 5.97 Å². The van der Waals surface area contributed by atoms with E-state index in [0.717, 1.165) is 18.1 Å². The second-order valence-electron chi connectivity index (χ2n) is 6.06. The van der Waals surface area contributed by atoms with Gasteiger partial charge in [-0.3, -0.25) is 0 Å². The average molecular weight is 363 g/mol. The molecule has 0 aliphatic carbocycles. The highest BCUT2D eigenvalue weighted by Gasteiger charge is 2.32. The molecule has 2 aromatic carbocycles. The van der Waals surface area contributed by atoms with Crippen molar-refractivity contribution in [2.45, 2.75) is 23.7 Å². The first-order valence-electron chi connectivity index (χ1n) is 7.97. The van der Waals surface area contributed by atoms with Crippen LogP contribution in [0.5, 0.6) is 0 Å². The molecule has 1 N–H and O–H groups in total. The number of benzene rings is 2. The quantitative estimate of drug-likeness (QED) is 0.906. The van der Waals surface area contributed by atoms with Gasteiger partial charge in [-0.05, 0) is 48.6 Å². The van der Waals surface area contributed by atoms with Gasteiger partial charge in [-0.15, -0.1) is 0 Å². The summed E-state index contributed by atoms with van der Waals surface area (Å²) in [7, 11) is -3.89. The summed E-state index contributed by atoms with van der Waals surface area (Å²) in [4.78, 5) is 10.6. The summed E-state index contributed by atoms with van der Waals surface area (Å²) >= 11 is 0. The molecule has 0 saturated carbocycles. The first-order chi connectivity index (χ1) is 11.9. The number of nitrogens with zero attached hydrogens (tertiary/aromatic N) is 1. The lowest BCUT2D eigenvalue weighted by atomic mass is 9.91. The highest BCUT2D eigenvalue weighted by Crippen LogP contribution is 2.31. The largest absolute Gasteiger partial charge is 0.478 e. The van der Waals surface area contributed by atoms with E-state index in [1.165, 1.54) is 34.6 Å². The number of carboxylic acid groups (broad SMARTS) is 1. The van der Waals surface area contributed by atoms with Crippen molar-refractivity contribution in [3.8, 4) is 0 Å². The zero-order valence-electron chi connectivity index (χ0n) is 13.4. The molecule has 1 fully saturated rings. The van der Waals surface area contributed by atoms with E-state index in [1.807, 2.05) is 0 Å². The molecule has 1 saturated heterocycles. The van der Waals surface area contributed by atoms with Gasteiger partial charge < -0.3 is 5.11 Å². The maximum absolute atomic E-state index is 13.9. The Morgan fingerprint density at radius 2 is 1.80 bits per heavy atom. The molecule has 1 aliphatic heterocycles. The van der Waals surface area contributed by atoms with Crippen LogP contribution in [0.25, 0.3) is 0 Å². The maximum atomic E-state index is 13.9. The zero-order valence-corrected chi connectivity index (χ0v) is 14.2. The first-order valence-corrected chi connectivity index (χ1v) is 9.41. The molecule has 0 aromatic heterocycles. The van der Waals surface area contributed by atoms with Crippen LogP contribution in [0.2, 0.25) is 0 Å². The van der Waals surface area contributed by atoms with Crippen LogP contribution in [-0.2, 0) is 10.0 Å². The van der Waals surface area contributed by atoms with Crippen LogP contribution in [0.4, 0.5) is 4.39 Å². The molecule has 132 valence electrons. The van der Waals surface area contributed by atoms with Gasteiger partial charge in [-0.2, -0.15) is 4.31 Å². The smallest absolute Gasteiger partial charge is 0.335 e. The summed E-state index contributed by atoms with van der Waals surface area (Å²) in [6, 6.07) is 11.8. The molecule has 25 heavy (non-hydrogen) atoms. The number of piperidine rings is 1. The number of hydrogen-bond acceptors (Lipinski definition) is 3. The predicted molar refractivity (Wildman–Crippen MR) is 90.5 cm³/mol. The number of aromatic carboxylic acids is 1. The minimum Gasteiger partial charge on any atom is -0.478 e. The maximum Gasteiger partial charge on any atom is 0.335 e. The monoisotopic (exact) mass is 363 g/mol. The number of carboxylic acids is 1. The van der Waals surface area contributed by atoms with Crippen LogP contribution >= 0.6 is 0 Å². The van der Waals surface area contributed by atoms with E-state index in [-0.39, 0.29) is 22.9 Å². The third-order valence-electron chi connectivity index (χ3n) is 4.47. The van der Waals surface area contributed by atoms with E-state index >= 15 is 0 Å². The minimum absolute atomic E-state index is 0.0434. The Kier molecular flexibility index (Phi) is 4.87. The van der Waals surface area contributed by atoms with Crippen LogP contribution in [0.15, 0.2) is 53.4 Å². The Bertz CT molecular complexity index is 880. The van der Waals surface area contributed by atoms with Gasteiger partial charge in [-0.25, -0.2) is 17.6 Å². The summed E-state index contributed by atoms with van der Waals surface area (Å²) < 4.78 is 40.7. The second-order valence-corrected chi connectivity index (χ2v) is 7.97. The van der Waals surface area contributed by atoms with Gasteiger partial charge in [0.05, 0.1) is 5.56 Å². The summed E-state index contributed by atoms with van der Waals surface area (Å²) in [6.07, 6.45) is 1.47. The molecule has 5 nitrogen and oxygen atoms in total. The van der Waals surface area contributed by atoms with Gasteiger partial charge in [0, 0.05) is 13.1 Å². The number of sulfonamides is 1. The van der Waals surface area contributed by atoms with Crippen LogP contribution < -0.4 is 0 Å². The number of carbonyl (C=O) groups is 1. The van der Waals surface area contributed by atoms with Crippen molar-refractivity contribution < 1.29 is 22.7 Å². The fourth-order valence-corrected chi connectivity index (χ4v) is 4.71. The van der Waals surface area contributed by atoms with E-state index in [9.17, 15) is 17.6 Å². The van der Waals surface area contributed by atoms with Crippen LogP contribution in [0, 0.1) is 5.82 Å². The Morgan fingerprint density at radius 1 is 1.12 bits per heavy atom. The van der Waals surface area contributed by atoms with Crippen molar-refractivity contribution in [1.82, 2.24) is 4.31 Å². The molecule has 0 spiro atoms. The summed E-state index contributed by atoms with van der Waals surface area (Å²) in [5, 5.41) is 8.96. The molecule has 1 heterocycles. The van der Waals surface area contributed by atoms with E-state index in [4.69, 9.17) is 5.11 Å². The lowest BCUT2D eigenvalue weighted by Gasteiger charge is -2.32. The molecule has 0 unspecified atom stereocenters. The number of rotatable bonds is 4. The molecule has 0 bridgehead atoms. The number of halogens is 1. The first kappa shape index (κ1) is 17.6. The average Bonchev–Trinajstić information content (AvgIpc) is 2.62. The summed E-state index contributed by atoms with van der Waals surface area (Å²) in [6.45, 7) is 0.601. The van der Waals surface area contributed by atoms with Gasteiger partial charge in [0.1, 0.15) is 10.7 Å². The molecule has 1 atom stereocenters. The topological polar surface area (TPSA) is 74.7 Å². The third-order valence-corrected chi connectivity index (χ3v) is 6.37. The zero-order chi connectivity index (χ0) is 18.0. The Hall–Kier alpha value is -2.25. The molecule has 1 aliphatic rings. The van der Waals surface area contributed by atoms with Crippen molar-refractivity contribution in [3.63, 3.8) is 0 Å². The van der Waals surface area contributed by atoms with Gasteiger partial charge in [0.15, 0.2) is 0 Å². The lowest BCUT2D eigenvalue weighted by Crippen LogP contribution is -2.39. The summed E-state index contributed by atoms with van der Waals surface area (Å²) in [5.74, 6) is -1.80. The number of hydrogen-bond donors (Lipinski definition) is 1. The van der Waals surface area contributed by atoms with Crippen molar-refractivity contribution in [1.29, 1.82) is 0 Å². The van der Waals surface area contributed by atoms with Crippen LogP contribution in [0.3, 0.4) is 0 Å². The molecular formula is C18H18FNO4S. The molecule has 7 heteroatoms. The van der Waals surface area contributed by atoms with E-state index in [2.05, 4.69) is 0 Å². The van der Waals surface area contributed by atoms with E-state index in [1.54, 1.807) is 12.1 Å². The predicted octanol–water partition coefficient (Wildman–Crippen LogP) is 3.09. The SMILES string of the molecule is O=C(O)c1ccc([C@H]2CCCN(S(=O)(=O)c3ccccc3F)C2)cc1. The highest BCUT2D eigenvalue weighted by atomic mass is 32.2. The second kappa shape index (κ2) is 6.93. The molecule has 3 rings (SSSR count).